The Labute approximate surface area is 76.8 Å². The third-order valence-electron chi connectivity index (χ3n) is 2.10. The van der Waals surface area contributed by atoms with E-state index >= 15 is 0 Å². The summed E-state index contributed by atoms with van der Waals surface area (Å²) in [7, 11) is 0. The van der Waals surface area contributed by atoms with E-state index in [-0.39, 0.29) is 12.5 Å². The molecule has 2 amide bonds. The Morgan fingerprint density at radius 1 is 1.62 bits per heavy atom. The van der Waals surface area contributed by atoms with Crippen LogP contribution < -0.4 is 5.73 Å². The summed E-state index contributed by atoms with van der Waals surface area (Å²) in [6, 6.07) is -0.409. The molecule has 0 saturated carbocycles. The van der Waals surface area contributed by atoms with Gasteiger partial charge < -0.3 is 15.4 Å². The topological polar surface area (TPSA) is 72.6 Å². The highest BCUT2D eigenvalue weighted by Gasteiger charge is 2.35. The molecule has 0 radical (unpaired) electrons. The van der Waals surface area contributed by atoms with Crippen molar-refractivity contribution in [1.82, 2.24) is 4.90 Å². The SMILES string of the molecule is CCOCC(=O)N1CCC1C(N)=O. The number of nitrogens with zero attached hydrogens (tertiary/aromatic N) is 1. The average molecular weight is 186 g/mol. The molecular weight excluding hydrogens is 172 g/mol. The fraction of sp³-hybridized carbons (Fsp3) is 0.750. The Balaban J connectivity index is 2.35. The lowest BCUT2D eigenvalue weighted by atomic mass is 10.0. The summed E-state index contributed by atoms with van der Waals surface area (Å²) in [5, 5.41) is 0. The molecule has 74 valence electrons. The fourth-order valence-electron chi connectivity index (χ4n) is 1.25. The van der Waals surface area contributed by atoms with Crippen molar-refractivity contribution in [2.75, 3.05) is 19.8 Å². The smallest absolute Gasteiger partial charge is 0.249 e. The molecule has 1 heterocycles. The number of primary amides is 1. The first kappa shape index (κ1) is 9.98. The average Bonchev–Trinajstić information content (AvgIpc) is 1.97. The van der Waals surface area contributed by atoms with Crippen LogP contribution in [-0.4, -0.2) is 42.5 Å². The highest BCUT2D eigenvalue weighted by Crippen LogP contribution is 2.16. The van der Waals surface area contributed by atoms with Crippen LogP contribution in [0.15, 0.2) is 0 Å². The minimum atomic E-state index is -0.434. The normalized spacial score (nSPS) is 21.0. The summed E-state index contributed by atoms with van der Waals surface area (Å²) in [6.45, 7) is 2.97. The van der Waals surface area contributed by atoms with Gasteiger partial charge in [0.2, 0.25) is 11.8 Å². The minimum absolute atomic E-state index is 0.0419. The zero-order valence-electron chi connectivity index (χ0n) is 7.66. The Kier molecular flexibility index (Phi) is 3.25. The second-order valence-corrected chi connectivity index (χ2v) is 2.93. The molecule has 1 aliphatic heterocycles. The van der Waals surface area contributed by atoms with Gasteiger partial charge in [-0.2, -0.15) is 0 Å². The van der Waals surface area contributed by atoms with Gasteiger partial charge in [-0.25, -0.2) is 0 Å². The molecule has 2 N–H and O–H groups in total. The van der Waals surface area contributed by atoms with E-state index < -0.39 is 11.9 Å². The van der Waals surface area contributed by atoms with E-state index in [2.05, 4.69) is 0 Å². The van der Waals surface area contributed by atoms with Crippen LogP contribution in [-0.2, 0) is 14.3 Å². The van der Waals surface area contributed by atoms with Crippen LogP contribution in [0.2, 0.25) is 0 Å². The van der Waals surface area contributed by atoms with E-state index in [1.807, 2.05) is 6.92 Å². The van der Waals surface area contributed by atoms with Crippen molar-refractivity contribution in [2.45, 2.75) is 19.4 Å². The maximum Gasteiger partial charge on any atom is 0.249 e. The quantitative estimate of drug-likeness (QED) is 0.619. The zero-order valence-corrected chi connectivity index (χ0v) is 7.66. The van der Waals surface area contributed by atoms with Crippen molar-refractivity contribution < 1.29 is 14.3 Å². The fourth-order valence-corrected chi connectivity index (χ4v) is 1.25. The van der Waals surface area contributed by atoms with Gasteiger partial charge in [0.1, 0.15) is 12.6 Å². The molecule has 0 aromatic heterocycles. The second-order valence-electron chi connectivity index (χ2n) is 2.93. The second kappa shape index (κ2) is 4.23. The molecule has 13 heavy (non-hydrogen) atoms. The molecule has 1 atom stereocenters. The standard InChI is InChI=1S/C8H14N2O3/c1-2-13-5-7(11)10-4-3-6(10)8(9)12/h6H,2-5H2,1H3,(H2,9,12). The Hall–Kier alpha value is -1.10. The minimum Gasteiger partial charge on any atom is -0.372 e. The van der Waals surface area contributed by atoms with Crippen LogP contribution in [0.4, 0.5) is 0 Å². The molecule has 1 rings (SSSR count). The molecule has 1 fully saturated rings. The van der Waals surface area contributed by atoms with Crippen LogP contribution in [0.5, 0.6) is 0 Å². The van der Waals surface area contributed by atoms with Crippen LogP contribution in [0.1, 0.15) is 13.3 Å². The highest BCUT2D eigenvalue weighted by molar-refractivity contribution is 5.88. The highest BCUT2D eigenvalue weighted by atomic mass is 16.5. The van der Waals surface area contributed by atoms with E-state index in [4.69, 9.17) is 10.5 Å². The Morgan fingerprint density at radius 3 is 2.69 bits per heavy atom. The maximum atomic E-state index is 11.3. The van der Waals surface area contributed by atoms with E-state index in [9.17, 15) is 9.59 Å². The van der Waals surface area contributed by atoms with Gasteiger partial charge in [-0.15, -0.1) is 0 Å². The van der Waals surface area contributed by atoms with Gasteiger partial charge >= 0.3 is 0 Å². The summed E-state index contributed by atoms with van der Waals surface area (Å²) in [5.41, 5.74) is 5.08. The molecule has 1 saturated heterocycles. The van der Waals surface area contributed by atoms with E-state index in [0.717, 1.165) is 0 Å². The van der Waals surface area contributed by atoms with Crippen molar-refractivity contribution in [2.24, 2.45) is 5.73 Å². The van der Waals surface area contributed by atoms with Crippen molar-refractivity contribution in [3.05, 3.63) is 0 Å². The predicted molar refractivity (Wildman–Crippen MR) is 45.8 cm³/mol. The number of ether oxygens (including phenoxy) is 1. The number of carbonyl (C=O) groups excluding carboxylic acids is 2. The van der Waals surface area contributed by atoms with Gasteiger partial charge in [0.25, 0.3) is 0 Å². The molecular formula is C8H14N2O3. The maximum absolute atomic E-state index is 11.3. The lowest BCUT2D eigenvalue weighted by Crippen LogP contribution is -2.58. The summed E-state index contributed by atoms with van der Waals surface area (Å²) >= 11 is 0. The molecule has 1 aliphatic rings. The number of nitrogens with two attached hydrogens (primary N) is 1. The van der Waals surface area contributed by atoms with Gasteiger partial charge in [-0.05, 0) is 13.3 Å². The number of amides is 2. The number of likely N-dealkylation sites (tertiary alicyclic amines) is 1. The van der Waals surface area contributed by atoms with Crippen LogP contribution in [0.25, 0.3) is 0 Å². The molecule has 0 aromatic carbocycles. The van der Waals surface area contributed by atoms with Gasteiger partial charge in [-0.3, -0.25) is 9.59 Å². The molecule has 0 spiro atoms. The number of carbonyl (C=O) groups is 2. The first-order valence-corrected chi connectivity index (χ1v) is 4.33. The van der Waals surface area contributed by atoms with Gasteiger partial charge in [0, 0.05) is 13.2 Å². The Morgan fingerprint density at radius 2 is 2.31 bits per heavy atom. The number of rotatable bonds is 4. The molecule has 5 heteroatoms. The number of hydrogen-bond donors (Lipinski definition) is 1. The van der Waals surface area contributed by atoms with E-state index in [0.29, 0.717) is 19.6 Å². The summed E-state index contributed by atoms with van der Waals surface area (Å²) < 4.78 is 4.94. The van der Waals surface area contributed by atoms with Crippen molar-refractivity contribution >= 4 is 11.8 Å². The zero-order chi connectivity index (χ0) is 9.84. The van der Waals surface area contributed by atoms with E-state index in [1.165, 1.54) is 4.90 Å². The molecule has 0 aromatic rings. The third kappa shape index (κ3) is 2.18. The lowest BCUT2D eigenvalue weighted by Gasteiger charge is -2.38. The van der Waals surface area contributed by atoms with Crippen molar-refractivity contribution in [1.29, 1.82) is 0 Å². The van der Waals surface area contributed by atoms with Gasteiger partial charge in [0.05, 0.1) is 0 Å². The predicted octanol–water partition coefficient (Wildman–Crippen LogP) is -0.891. The largest absolute Gasteiger partial charge is 0.372 e. The lowest BCUT2D eigenvalue weighted by molar-refractivity contribution is -0.149. The van der Waals surface area contributed by atoms with Crippen LogP contribution >= 0.6 is 0 Å². The van der Waals surface area contributed by atoms with Crippen molar-refractivity contribution in [3.63, 3.8) is 0 Å². The van der Waals surface area contributed by atoms with Crippen molar-refractivity contribution in [3.8, 4) is 0 Å². The molecule has 0 bridgehead atoms. The third-order valence-corrected chi connectivity index (χ3v) is 2.10. The monoisotopic (exact) mass is 186 g/mol. The van der Waals surface area contributed by atoms with Gasteiger partial charge in [-0.1, -0.05) is 0 Å². The molecule has 1 unspecified atom stereocenters. The van der Waals surface area contributed by atoms with Gasteiger partial charge in [0.15, 0.2) is 0 Å². The summed E-state index contributed by atoms with van der Waals surface area (Å²) in [4.78, 5) is 23.5. The summed E-state index contributed by atoms with van der Waals surface area (Å²) in [5.74, 6) is -0.590. The molecule has 0 aliphatic carbocycles. The first-order chi connectivity index (χ1) is 6.16. The van der Waals surface area contributed by atoms with E-state index in [1.54, 1.807) is 0 Å². The molecule has 5 nitrogen and oxygen atoms in total. The summed E-state index contributed by atoms with van der Waals surface area (Å²) in [6.07, 6.45) is 0.674. The number of hydrogen-bond acceptors (Lipinski definition) is 3. The first-order valence-electron chi connectivity index (χ1n) is 4.33. The Bertz CT molecular complexity index is 217. The van der Waals surface area contributed by atoms with Crippen LogP contribution in [0, 0.1) is 0 Å². The van der Waals surface area contributed by atoms with Crippen LogP contribution in [0.3, 0.4) is 0 Å².